The van der Waals surface area contributed by atoms with Crippen molar-refractivity contribution in [2.24, 2.45) is 0 Å². The lowest BCUT2D eigenvalue weighted by Gasteiger charge is -2.34. The minimum atomic E-state index is -4.49. The summed E-state index contributed by atoms with van der Waals surface area (Å²) in [4.78, 5) is 12.8. The number of aromatic nitrogens is 2. The Morgan fingerprint density at radius 2 is 1.94 bits per heavy atom. The third kappa shape index (κ3) is 4.49. The Labute approximate surface area is 184 Å². The number of halogens is 3. The van der Waals surface area contributed by atoms with Crippen molar-refractivity contribution >= 4 is 11.7 Å². The van der Waals surface area contributed by atoms with Crippen molar-refractivity contribution in [3.05, 3.63) is 82.5 Å². The standard InChI is InChI=1S/C24H25F3N4O/c1-3-16-7-9-18(10-8-16)20-12-21(24(25,26)27)31-22(30-20)19(14-29-31)23(32)28-13-17-6-4-5-15(2)11-17/h4-11,14,20-21,30H,3,12-13H2,1-2H3,(H,28,32)/t20-,21+/m0/s1. The van der Waals surface area contributed by atoms with Crippen molar-refractivity contribution in [3.63, 3.8) is 0 Å². The predicted octanol–water partition coefficient (Wildman–Crippen LogP) is 5.34. The molecule has 8 heteroatoms. The maximum atomic E-state index is 13.9. The van der Waals surface area contributed by atoms with E-state index in [4.69, 9.17) is 0 Å². The maximum absolute atomic E-state index is 13.9. The first-order valence-corrected chi connectivity index (χ1v) is 10.6. The fourth-order valence-electron chi connectivity index (χ4n) is 4.03. The van der Waals surface area contributed by atoms with E-state index in [1.165, 1.54) is 6.20 Å². The number of nitrogens with zero attached hydrogens (tertiary/aromatic N) is 2. The van der Waals surface area contributed by atoms with Crippen LogP contribution < -0.4 is 10.6 Å². The molecule has 0 spiro atoms. The highest BCUT2D eigenvalue weighted by Crippen LogP contribution is 2.44. The van der Waals surface area contributed by atoms with Crippen LogP contribution >= 0.6 is 0 Å². The first kappa shape index (κ1) is 21.9. The third-order valence-electron chi connectivity index (χ3n) is 5.81. The van der Waals surface area contributed by atoms with Crippen molar-refractivity contribution in [2.75, 3.05) is 5.32 Å². The number of amides is 1. The molecule has 0 radical (unpaired) electrons. The molecular formula is C24H25F3N4O. The summed E-state index contributed by atoms with van der Waals surface area (Å²) in [5, 5.41) is 9.84. The van der Waals surface area contributed by atoms with Crippen molar-refractivity contribution in [2.45, 2.75) is 51.5 Å². The molecule has 0 unspecified atom stereocenters. The van der Waals surface area contributed by atoms with Gasteiger partial charge in [0.25, 0.3) is 5.91 Å². The Morgan fingerprint density at radius 1 is 1.19 bits per heavy atom. The quantitative estimate of drug-likeness (QED) is 0.561. The molecule has 1 aliphatic rings. The minimum absolute atomic E-state index is 0.0879. The zero-order valence-corrected chi connectivity index (χ0v) is 17.9. The molecule has 1 aliphatic heterocycles. The van der Waals surface area contributed by atoms with Crippen LogP contribution in [0, 0.1) is 6.92 Å². The van der Waals surface area contributed by atoms with Gasteiger partial charge in [-0.05, 0) is 30.0 Å². The van der Waals surface area contributed by atoms with Gasteiger partial charge in [-0.3, -0.25) is 4.79 Å². The number of benzene rings is 2. The molecule has 0 fully saturated rings. The summed E-state index contributed by atoms with van der Waals surface area (Å²) < 4.78 is 42.5. The second kappa shape index (κ2) is 8.68. The third-order valence-corrected chi connectivity index (χ3v) is 5.81. The summed E-state index contributed by atoms with van der Waals surface area (Å²) in [6.07, 6.45) is -2.63. The second-order valence-electron chi connectivity index (χ2n) is 8.11. The number of carbonyl (C=O) groups excluding carboxylic acids is 1. The first-order valence-electron chi connectivity index (χ1n) is 10.6. The van der Waals surface area contributed by atoms with Gasteiger partial charge in [0.1, 0.15) is 11.4 Å². The number of rotatable bonds is 5. The maximum Gasteiger partial charge on any atom is 0.410 e. The summed E-state index contributed by atoms with van der Waals surface area (Å²) in [5.41, 5.74) is 3.93. The number of nitrogens with one attached hydrogen (secondary N) is 2. The van der Waals surface area contributed by atoms with Crippen LogP contribution in [-0.2, 0) is 13.0 Å². The molecule has 1 aromatic heterocycles. The number of carbonyl (C=O) groups is 1. The van der Waals surface area contributed by atoms with E-state index in [0.29, 0.717) is 0 Å². The number of aryl methyl sites for hydroxylation is 2. The highest BCUT2D eigenvalue weighted by Gasteiger charge is 2.47. The van der Waals surface area contributed by atoms with E-state index in [9.17, 15) is 18.0 Å². The number of hydrogen-bond acceptors (Lipinski definition) is 3. The van der Waals surface area contributed by atoms with Crippen LogP contribution in [0.4, 0.5) is 19.0 Å². The number of fused-ring (bicyclic) bond motifs is 1. The van der Waals surface area contributed by atoms with Gasteiger partial charge >= 0.3 is 6.18 Å². The Morgan fingerprint density at radius 3 is 2.59 bits per heavy atom. The molecule has 2 aromatic carbocycles. The molecule has 1 amide bonds. The van der Waals surface area contributed by atoms with Crippen molar-refractivity contribution in [3.8, 4) is 0 Å². The number of anilines is 1. The van der Waals surface area contributed by atoms with E-state index in [0.717, 1.165) is 33.4 Å². The molecule has 4 rings (SSSR count). The van der Waals surface area contributed by atoms with Gasteiger partial charge in [-0.1, -0.05) is 61.0 Å². The van der Waals surface area contributed by atoms with Crippen LogP contribution in [0.5, 0.6) is 0 Å². The number of hydrogen-bond donors (Lipinski definition) is 2. The van der Waals surface area contributed by atoms with E-state index >= 15 is 0 Å². The first-order chi connectivity index (χ1) is 15.3. The zero-order valence-electron chi connectivity index (χ0n) is 17.9. The van der Waals surface area contributed by atoms with Crippen molar-refractivity contribution in [1.82, 2.24) is 15.1 Å². The predicted molar refractivity (Wildman–Crippen MR) is 116 cm³/mol. The zero-order chi connectivity index (χ0) is 22.9. The van der Waals surface area contributed by atoms with Crippen LogP contribution in [0.2, 0.25) is 0 Å². The lowest BCUT2D eigenvalue weighted by atomic mass is 9.95. The molecule has 0 saturated heterocycles. The number of alkyl halides is 3. The highest BCUT2D eigenvalue weighted by atomic mass is 19.4. The minimum Gasteiger partial charge on any atom is -0.363 e. The van der Waals surface area contributed by atoms with E-state index in [1.807, 2.05) is 62.4 Å². The molecular weight excluding hydrogens is 417 g/mol. The van der Waals surface area contributed by atoms with E-state index < -0.39 is 24.2 Å². The summed E-state index contributed by atoms with van der Waals surface area (Å²) in [6.45, 7) is 4.25. The molecule has 2 N–H and O–H groups in total. The van der Waals surface area contributed by atoms with Crippen LogP contribution in [0.25, 0.3) is 0 Å². The molecule has 0 saturated carbocycles. The molecule has 5 nitrogen and oxygen atoms in total. The molecule has 3 aromatic rings. The fourth-order valence-corrected chi connectivity index (χ4v) is 4.03. The van der Waals surface area contributed by atoms with Crippen LogP contribution in [-0.4, -0.2) is 21.9 Å². The van der Waals surface area contributed by atoms with Gasteiger partial charge < -0.3 is 10.6 Å². The molecule has 2 atom stereocenters. The highest BCUT2D eigenvalue weighted by molar-refractivity contribution is 5.98. The fraction of sp³-hybridized carbons (Fsp3) is 0.333. The normalized spacial score (nSPS) is 18.0. The Hall–Kier alpha value is -3.29. The van der Waals surface area contributed by atoms with Gasteiger partial charge in [0.15, 0.2) is 6.04 Å². The van der Waals surface area contributed by atoms with Crippen molar-refractivity contribution in [1.29, 1.82) is 0 Å². The lowest BCUT2D eigenvalue weighted by Crippen LogP contribution is -2.36. The van der Waals surface area contributed by atoms with E-state index in [2.05, 4.69) is 15.7 Å². The van der Waals surface area contributed by atoms with Gasteiger partial charge in [-0.25, -0.2) is 4.68 Å². The molecule has 32 heavy (non-hydrogen) atoms. The Kier molecular flexibility index (Phi) is 5.95. The lowest BCUT2D eigenvalue weighted by molar-refractivity contribution is -0.173. The molecule has 2 heterocycles. The van der Waals surface area contributed by atoms with Gasteiger partial charge in [0.05, 0.1) is 12.2 Å². The van der Waals surface area contributed by atoms with E-state index in [1.54, 1.807) is 0 Å². The van der Waals surface area contributed by atoms with Crippen molar-refractivity contribution < 1.29 is 18.0 Å². The summed E-state index contributed by atoms with van der Waals surface area (Å²) in [6, 6.07) is 12.8. The van der Waals surface area contributed by atoms with Gasteiger partial charge in [-0.2, -0.15) is 18.3 Å². The average Bonchev–Trinajstić information content (AvgIpc) is 3.20. The van der Waals surface area contributed by atoms with E-state index in [-0.39, 0.29) is 24.3 Å². The molecule has 0 bridgehead atoms. The smallest absolute Gasteiger partial charge is 0.363 e. The molecule has 168 valence electrons. The van der Waals surface area contributed by atoms with Crippen LogP contribution in [0.15, 0.2) is 54.7 Å². The summed E-state index contributed by atoms with van der Waals surface area (Å²) in [7, 11) is 0. The summed E-state index contributed by atoms with van der Waals surface area (Å²) in [5.74, 6) is -0.381. The largest absolute Gasteiger partial charge is 0.410 e. The topological polar surface area (TPSA) is 59.0 Å². The molecule has 0 aliphatic carbocycles. The SMILES string of the molecule is CCc1ccc([C@@H]2C[C@H](C(F)(F)F)n3ncc(C(=O)NCc4cccc(C)c4)c3N2)cc1. The van der Waals surface area contributed by atoms with Gasteiger partial charge in [0, 0.05) is 13.0 Å². The monoisotopic (exact) mass is 442 g/mol. The van der Waals surface area contributed by atoms with Crippen LogP contribution in [0.3, 0.4) is 0 Å². The Balaban J connectivity index is 1.61. The second-order valence-corrected chi connectivity index (χ2v) is 8.11. The van der Waals surface area contributed by atoms with Gasteiger partial charge in [0.2, 0.25) is 0 Å². The Bertz CT molecular complexity index is 1110. The van der Waals surface area contributed by atoms with Gasteiger partial charge in [-0.15, -0.1) is 0 Å². The van der Waals surface area contributed by atoms with Crippen LogP contribution in [0.1, 0.15) is 58.0 Å². The average molecular weight is 442 g/mol. The summed E-state index contributed by atoms with van der Waals surface area (Å²) >= 11 is 0.